The molecule has 2 amide bonds. The molecule has 3 atom stereocenters. The minimum Gasteiger partial charge on any atom is -0.450 e. The van der Waals surface area contributed by atoms with Gasteiger partial charge in [0.05, 0.1) is 12.7 Å². The summed E-state index contributed by atoms with van der Waals surface area (Å²) in [5.74, 6) is 1.22. The Kier molecular flexibility index (Phi) is 9.10. The number of likely N-dealkylation sites (tertiary alicyclic amines) is 1. The molecule has 2 saturated heterocycles. The molecular formula is C23H40IN5O4. The summed E-state index contributed by atoms with van der Waals surface area (Å²) in [4.78, 5) is 32.2. The van der Waals surface area contributed by atoms with Gasteiger partial charge in [-0.1, -0.05) is 12.8 Å². The van der Waals surface area contributed by atoms with Crippen LogP contribution in [0.3, 0.4) is 0 Å². The van der Waals surface area contributed by atoms with Crippen molar-refractivity contribution in [2.75, 3.05) is 46.9 Å². The molecule has 2 saturated carbocycles. The summed E-state index contributed by atoms with van der Waals surface area (Å²) in [6.45, 7) is 4.51. The molecule has 1 spiro atoms. The zero-order valence-corrected chi connectivity index (χ0v) is 22.5. The SMILES string of the molecule is CCOC(=O)N1CCC(NC(=NCC(=O)N(C)C)NC2C3CCOC3C23CCCC3)CC1.I. The number of guanidine groups is 1. The number of ether oxygens (including phenoxy) is 2. The first kappa shape index (κ1) is 26.3. The Morgan fingerprint density at radius 1 is 1.15 bits per heavy atom. The van der Waals surface area contributed by atoms with Crippen LogP contribution in [0, 0.1) is 11.3 Å². The number of halogens is 1. The van der Waals surface area contributed by atoms with Crippen LogP contribution in [0.5, 0.6) is 0 Å². The van der Waals surface area contributed by atoms with Crippen molar-refractivity contribution in [2.45, 2.75) is 70.1 Å². The normalized spacial score (nSPS) is 28.5. The number of rotatable bonds is 5. The first-order valence-electron chi connectivity index (χ1n) is 12.3. The average Bonchev–Trinajstić information content (AvgIpc) is 3.45. The highest BCUT2D eigenvalue weighted by Crippen LogP contribution is 2.60. The summed E-state index contributed by atoms with van der Waals surface area (Å²) in [5, 5.41) is 7.31. The van der Waals surface area contributed by atoms with Crippen LogP contribution in [0.2, 0.25) is 0 Å². The number of fused-ring (bicyclic) bond motifs is 2. The zero-order valence-electron chi connectivity index (χ0n) is 20.2. The van der Waals surface area contributed by atoms with E-state index in [0.717, 1.165) is 31.8 Å². The Balaban J connectivity index is 0.00000306. The van der Waals surface area contributed by atoms with Gasteiger partial charge in [0, 0.05) is 57.2 Å². The molecule has 0 radical (unpaired) electrons. The summed E-state index contributed by atoms with van der Waals surface area (Å²) in [6.07, 6.45) is 7.80. The minimum atomic E-state index is -0.237. The third-order valence-electron chi connectivity index (χ3n) is 7.81. The Bertz CT molecular complexity index is 720. The maximum atomic E-state index is 12.2. The largest absolute Gasteiger partial charge is 0.450 e. The maximum Gasteiger partial charge on any atom is 0.409 e. The third kappa shape index (κ3) is 5.52. The second-order valence-electron chi connectivity index (χ2n) is 9.86. The van der Waals surface area contributed by atoms with Crippen molar-refractivity contribution in [1.29, 1.82) is 0 Å². The molecule has 0 aromatic carbocycles. The van der Waals surface area contributed by atoms with Crippen LogP contribution in [0.4, 0.5) is 4.79 Å². The fraction of sp³-hybridized carbons (Fsp3) is 0.870. The van der Waals surface area contributed by atoms with E-state index in [1.807, 2.05) is 6.92 Å². The van der Waals surface area contributed by atoms with E-state index in [0.29, 0.717) is 37.8 Å². The standard InChI is InChI=1S/C23H39N5O4.HI/c1-4-31-22(30)28-12-7-16(8-13-28)25-21(24-15-18(29)27(2)3)26-19-17-9-14-32-20(17)23(19)10-5-6-11-23;/h16-17,19-20H,4-15H2,1-3H3,(H2,24,25,26);1H. The van der Waals surface area contributed by atoms with Gasteiger partial charge in [0.25, 0.3) is 0 Å². The third-order valence-corrected chi connectivity index (χ3v) is 7.81. The Hall–Kier alpha value is -1.30. The topological polar surface area (TPSA) is 95.5 Å². The monoisotopic (exact) mass is 577 g/mol. The minimum absolute atomic E-state index is 0. The van der Waals surface area contributed by atoms with E-state index >= 15 is 0 Å². The quantitative estimate of drug-likeness (QED) is 0.296. The average molecular weight is 578 g/mol. The predicted molar refractivity (Wildman–Crippen MR) is 137 cm³/mol. The van der Waals surface area contributed by atoms with Gasteiger partial charge < -0.3 is 29.9 Å². The van der Waals surface area contributed by atoms with Crippen LogP contribution in [-0.4, -0.2) is 92.9 Å². The van der Waals surface area contributed by atoms with E-state index in [-0.39, 0.29) is 54.0 Å². The Morgan fingerprint density at radius 2 is 1.85 bits per heavy atom. The number of carbonyl (C=O) groups is 2. The van der Waals surface area contributed by atoms with Crippen LogP contribution in [0.15, 0.2) is 4.99 Å². The highest BCUT2D eigenvalue weighted by atomic mass is 127. The van der Waals surface area contributed by atoms with Crippen molar-refractivity contribution in [3.8, 4) is 0 Å². The molecule has 0 bridgehead atoms. The lowest BCUT2D eigenvalue weighted by Crippen LogP contribution is -2.69. The molecule has 0 aromatic rings. The van der Waals surface area contributed by atoms with Gasteiger partial charge >= 0.3 is 6.09 Å². The lowest BCUT2D eigenvalue weighted by Gasteiger charge is -2.57. The van der Waals surface area contributed by atoms with Crippen molar-refractivity contribution < 1.29 is 19.1 Å². The maximum absolute atomic E-state index is 12.2. The highest BCUT2D eigenvalue weighted by Gasteiger charge is 2.65. The summed E-state index contributed by atoms with van der Waals surface area (Å²) < 4.78 is 11.3. The van der Waals surface area contributed by atoms with Gasteiger partial charge in [-0.05, 0) is 39.0 Å². The van der Waals surface area contributed by atoms with E-state index in [9.17, 15) is 9.59 Å². The predicted octanol–water partition coefficient (Wildman–Crippen LogP) is 2.20. The van der Waals surface area contributed by atoms with Gasteiger partial charge in [0.15, 0.2) is 5.96 Å². The lowest BCUT2D eigenvalue weighted by molar-refractivity contribution is -0.127. The van der Waals surface area contributed by atoms with Crippen molar-refractivity contribution in [3.63, 3.8) is 0 Å². The summed E-state index contributed by atoms with van der Waals surface area (Å²) in [7, 11) is 3.51. The number of nitrogens with zero attached hydrogens (tertiary/aromatic N) is 3. The van der Waals surface area contributed by atoms with Crippen molar-refractivity contribution in [1.82, 2.24) is 20.4 Å². The molecule has 33 heavy (non-hydrogen) atoms. The zero-order chi connectivity index (χ0) is 22.7. The Labute approximate surface area is 214 Å². The number of amides is 2. The van der Waals surface area contributed by atoms with Crippen molar-refractivity contribution >= 4 is 41.9 Å². The number of piperidine rings is 1. The number of nitrogens with one attached hydrogen (secondary N) is 2. The van der Waals surface area contributed by atoms with Gasteiger partial charge in [0.2, 0.25) is 5.91 Å². The fourth-order valence-electron chi connectivity index (χ4n) is 6.09. The van der Waals surface area contributed by atoms with E-state index in [4.69, 9.17) is 9.47 Å². The summed E-state index contributed by atoms with van der Waals surface area (Å²) in [5.41, 5.74) is 0.211. The molecule has 3 unspecified atom stereocenters. The lowest BCUT2D eigenvalue weighted by atomic mass is 9.54. The van der Waals surface area contributed by atoms with Gasteiger partial charge in [-0.25, -0.2) is 9.79 Å². The number of aliphatic imine (C=N–C) groups is 1. The first-order valence-corrected chi connectivity index (χ1v) is 12.3. The molecule has 188 valence electrons. The first-order chi connectivity index (χ1) is 15.4. The number of hydrogen-bond acceptors (Lipinski definition) is 5. The van der Waals surface area contributed by atoms with Gasteiger partial charge in [-0.15, -0.1) is 24.0 Å². The van der Waals surface area contributed by atoms with Gasteiger partial charge in [0.1, 0.15) is 6.54 Å². The van der Waals surface area contributed by atoms with Crippen LogP contribution in [0.1, 0.15) is 51.9 Å². The molecule has 4 fully saturated rings. The molecule has 2 N–H and O–H groups in total. The molecular weight excluding hydrogens is 537 g/mol. The molecule has 10 heteroatoms. The van der Waals surface area contributed by atoms with Crippen molar-refractivity contribution in [2.24, 2.45) is 16.3 Å². The summed E-state index contributed by atoms with van der Waals surface area (Å²) >= 11 is 0. The second-order valence-corrected chi connectivity index (χ2v) is 9.86. The van der Waals surface area contributed by atoms with Crippen LogP contribution < -0.4 is 10.6 Å². The van der Waals surface area contributed by atoms with Gasteiger partial charge in [-0.2, -0.15) is 0 Å². The molecule has 4 rings (SSSR count). The fourth-order valence-corrected chi connectivity index (χ4v) is 6.09. The highest BCUT2D eigenvalue weighted by molar-refractivity contribution is 14.0. The number of carbonyl (C=O) groups excluding carboxylic acids is 2. The molecule has 2 aliphatic heterocycles. The van der Waals surface area contributed by atoms with E-state index < -0.39 is 0 Å². The Morgan fingerprint density at radius 3 is 2.48 bits per heavy atom. The molecule has 2 aliphatic carbocycles. The molecule has 0 aromatic heterocycles. The van der Waals surface area contributed by atoms with Crippen LogP contribution in [-0.2, 0) is 14.3 Å². The number of hydrogen-bond donors (Lipinski definition) is 2. The number of likely N-dealkylation sites (N-methyl/N-ethyl adjacent to an activating group) is 1. The van der Waals surface area contributed by atoms with Crippen LogP contribution in [0.25, 0.3) is 0 Å². The summed E-state index contributed by atoms with van der Waals surface area (Å²) in [6, 6.07) is 0.550. The van der Waals surface area contributed by atoms with E-state index in [2.05, 4.69) is 15.6 Å². The van der Waals surface area contributed by atoms with Crippen LogP contribution >= 0.6 is 24.0 Å². The van der Waals surface area contributed by atoms with Gasteiger partial charge in [-0.3, -0.25) is 4.79 Å². The van der Waals surface area contributed by atoms with Crippen molar-refractivity contribution in [3.05, 3.63) is 0 Å². The van der Waals surface area contributed by atoms with E-state index in [1.54, 1.807) is 23.9 Å². The second kappa shape index (κ2) is 11.4. The molecule has 4 aliphatic rings. The van der Waals surface area contributed by atoms with E-state index in [1.165, 1.54) is 25.7 Å². The molecule has 2 heterocycles. The smallest absolute Gasteiger partial charge is 0.409 e. The molecule has 9 nitrogen and oxygen atoms in total.